The van der Waals surface area contributed by atoms with Crippen LogP contribution in [0.15, 0.2) is 70.0 Å². The molecule has 0 aliphatic heterocycles. The van der Waals surface area contributed by atoms with E-state index in [2.05, 4.69) is 4.98 Å². The third-order valence-electron chi connectivity index (χ3n) is 6.35. The highest BCUT2D eigenvalue weighted by Gasteiger charge is 2.30. The molecule has 38 heavy (non-hydrogen) atoms. The van der Waals surface area contributed by atoms with Crippen molar-refractivity contribution in [2.24, 2.45) is 0 Å². The van der Waals surface area contributed by atoms with Gasteiger partial charge in [-0.1, -0.05) is 12.1 Å². The number of methoxy groups -OCH3 is 1. The van der Waals surface area contributed by atoms with Crippen molar-refractivity contribution in [3.05, 3.63) is 82.1 Å². The number of rotatable bonds is 5. The third kappa shape index (κ3) is 4.07. The molecule has 192 valence electrons. The highest BCUT2D eigenvalue weighted by molar-refractivity contribution is 5.92. The quantitative estimate of drug-likeness (QED) is 0.168. The molecule has 0 amide bonds. The van der Waals surface area contributed by atoms with E-state index < -0.39 is 51.4 Å². The average molecular weight is 515 g/mol. The van der Waals surface area contributed by atoms with Gasteiger partial charge < -0.3 is 34.7 Å². The van der Waals surface area contributed by atoms with E-state index in [1.165, 1.54) is 13.2 Å². The Morgan fingerprint density at radius 2 is 1.74 bits per heavy atom. The maximum atomic E-state index is 13.2. The lowest BCUT2D eigenvalue weighted by Gasteiger charge is -2.21. The Morgan fingerprint density at radius 3 is 2.47 bits per heavy atom. The van der Waals surface area contributed by atoms with E-state index in [0.29, 0.717) is 11.1 Å². The highest BCUT2D eigenvalue weighted by atomic mass is 16.5. The number of aromatic nitrogens is 1. The number of hydrogen-bond acceptors (Lipinski definition) is 10. The van der Waals surface area contributed by atoms with E-state index in [1.807, 2.05) is 6.07 Å². The highest BCUT2D eigenvalue weighted by Crippen LogP contribution is 2.45. The van der Waals surface area contributed by atoms with Crippen LogP contribution in [0.1, 0.15) is 23.5 Å². The number of nitrogens with zero attached hydrogens (tertiary/aromatic N) is 1. The fraction of sp³-hybridized carbons (Fsp3) is 0.107. The summed E-state index contributed by atoms with van der Waals surface area (Å²) in [6.45, 7) is 0. The molecule has 10 heteroatoms. The Balaban J connectivity index is 1.84. The summed E-state index contributed by atoms with van der Waals surface area (Å²) in [6, 6.07) is 13.2. The van der Waals surface area contributed by atoms with E-state index in [9.17, 15) is 35.1 Å². The number of pyridine rings is 1. The van der Waals surface area contributed by atoms with E-state index in [0.717, 1.165) is 23.6 Å². The largest absolute Gasteiger partial charge is 0.507 e. The molecule has 0 saturated heterocycles. The van der Waals surface area contributed by atoms with Gasteiger partial charge in [-0.3, -0.25) is 14.6 Å². The normalized spacial score (nSPS) is 12.0. The number of carbonyl (C=O) groups excluding carboxylic acids is 1. The lowest BCUT2D eigenvalue weighted by Crippen LogP contribution is -2.12. The maximum Gasteiger partial charge on any atom is 0.306 e. The molecule has 1 atom stereocenters. The lowest BCUT2D eigenvalue weighted by molar-refractivity contribution is -0.140. The molecule has 0 aliphatic rings. The smallest absolute Gasteiger partial charge is 0.306 e. The summed E-state index contributed by atoms with van der Waals surface area (Å²) in [5.41, 5.74) is -0.0173. The summed E-state index contributed by atoms with van der Waals surface area (Å²) >= 11 is 0. The van der Waals surface area contributed by atoms with Crippen LogP contribution >= 0.6 is 0 Å². The maximum absolute atomic E-state index is 13.2. The number of phenols is 4. The molecule has 5 rings (SSSR count). The molecule has 0 fully saturated rings. The van der Waals surface area contributed by atoms with Crippen molar-refractivity contribution in [3.63, 3.8) is 0 Å². The van der Waals surface area contributed by atoms with Gasteiger partial charge in [0, 0.05) is 34.7 Å². The van der Waals surface area contributed by atoms with Crippen LogP contribution in [0.3, 0.4) is 0 Å². The standard InChI is InChI=1S/C28H21NO9/c1-37-22(34)11-16(13-4-6-17-14(9-13)3-2-8-29-17)23-20(32)12-21(33)24-25(35)26(36)27(38-28(23)24)15-5-7-18(30)19(31)10-15/h2-10,12,16,30-33,36H,11H2,1H3/t16-/m1/s1. The molecule has 2 heterocycles. The molecule has 0 unspecified atom stereocenters. The number of aromatic hydroxyl groups is 5. The van der Waals surface area contributed by atoms with Crippen molar-refractivity contribution >= 4 is 27.8 Å². The molecular weight excluding hydrogens is 494 g/mol. The fourth-order valence-corrected chi connectivity index (χ4v) is 4.49. The molecule has 5 N–H and O–H groups in total. The predicted molar refractivity (Wildman–Crippen MR) is 136 cm³/mol. The molecule has 0 bridgehead atoms. The zero-order valence-corrected chi connectivity index (χ0v) is 19.9. The molecule has 2 aromatic heterocycles. The topological polar surface area (TPSA) is 171 Å². The van der Waals surface area contributed by atoms with Gasteiger partial charge in [-0.2, -0.15) is 0 Å². The van der Waals surface area contributed by atoms with Crippen LogP contribution in [0.25, 0.3) is 33.2 Å². The first-order valence-corrected chi connectivity index (χ1v) is 11.4. The monoisotopic (exact) mass is 515 g/mol. The van der Waals surface area contributed by atoms with Crippen molar-refractivity contribution in [1.82, 2.24) is 4.98 Å². The summed E-state index contributed by atoms with van der Waals surface area (Å²) in [5, 5.41) is 52.1. The molecule has 3 aromatic carbocycles. The Hall–Kier alpha value is -5.25. The number of phenolic OH excluding ortho intramolecular Hbond substituents is 4. The van der Waals surface area contributed by atoms with Gasteiger partial charge >= 0.3 is 5.97 Å². The van der Waals surface area contributed by atoms with Gasteiger partial charge in [0.15, 0.2) is 17.3 Å². The van der Waals surface area contributed by atoms with Gasteiger partial charge in [0.25, 0.3) is 0 Å². The minimum atomic E-state index is -1.01. The second kappa shape index (κ2) is 9.32. The zero-order valence-electron chi connectivity index (χ0n) is 19.9. The number of benzene rings is 3. The van der Waals surface area contributed by atoms with Crippen molar-refractivity contribution in [3.8, 4) is 40.1 Å². The summed E-state index contributed by atoms with van der Waals surface area (Å²) in [7, 11) is 1.21. The van der Waals surface area contributed by atoms with E-state index in [1.54, 1.807) is 30.5 Å². The number of carbonyl (C=O) groups is 1. The van der Waals surface area contributed by atoms with Crippen LogP contribution in [0.2, 0.25) is 0 Å². The van der Waals surface area contributed by atoms with Gasteiger partial charge in [0.2, 0.25) is 11.2 Å². The minimum Gasteiger partial charge on any atom is -0.507 e. The van der Waals surface area contributed by atoms with Gasteiger partial charge in [0.05, 0.1) is 19.0 Å². The van der Waals surface area contributed by atoms with Gasteiger partial charge in [-0.05, 0) is 42.0 Å². The molecule has 5 aromatic rings. The van der Waals surface area contributed by atoms with Gasteiger partial charge in [0.1, 0.15) is 22.5 Å². The van der Waals surface area contributed by atoms with Crippen LogP contribution in [0.5, 0.6) is 28.7 Å². The Labute approximate surface area is 214 Å². The molecule has 0 aliphatic carbocycles. The molecule has 0 saturated carbocycles. The molecule has 10 nitrogen and oxygen atoms in total. The first-order valence-electron chi connectivity index (χ1n) is 11.4. The second-order valence-corrected chi connectivity index (χ2v) is 8.63. The van der Waals surface area contributed by atoms with E-state index in [-0.39, 0.29) is 28.9 Å². The SMILES string of the molecule is COC(=O)C[C@H](c1ccc2ncccc2c1)c1c(O)cc(O)c2c(=O)c(O)c(-c3ccc(O)c(O)c3)oc12. The lowest BCUT2D eigenvalue weighted by atomic mass is 9.85. The van der Waals surface area contributed by atoms with Crippen molar-refractivity contribution in [1.29, 1.82) is 0 Å². The molecular formula is C28H21NO9. The van der Waals surface area contributed by atoms with E-state index >= 15 is 0 Å². The van der Waals surface area contributed by atoms with Crippen LogP contribution in [-0.4, -0.2) is 43.6 Å². The van der Waals surface area contributed by atoms with Gasteiger partial charge in [-0.25, -0.2) is 0 Å². The van der Waals surface area contributed by atoms with Crippen LogP contribution < -0.4 is 5.43 Å². The Bertz CT molecular complexity index is 1790. The second-order valence-electron chi connectivity index (χ2n) is 8.63. The summed E-state index contributed by atoms with van der Waals surface area (Å²) < 4.78 is 10.8. The van der Waals surface area contributed by atoms with Crippen LogP contribution in [0, 0.1) is 0 Å². The van der Waals surface area contributed by atoms with Crippen LogP contribution in [-0.2, 0) is 9.53 Å². The predicted octanol–water partition coefficient (Wildman–Crippen LogP) is 4.23. The molecule has 0 spiro atoms. The van der Waals surface area contributed by atoms with E-state index in [4.69, 9.17) is 9.15 Å². The van der Waals surface area contributed by atoms with Crippen molar-refractivity contribution in [2.45, 2.75) is 12.3 Å². The minimum absolute atomic E-state index is 0.00668. The Morgan fingerprint density at radius 1 is 0.947 bits per heavy atom. The molecule has 0 radical (unpaired) electrons. The van der Waals surface area contributed by atoms with Crippen molar-refractivity contribution in [2.75, 3.05) is 7.11 Å². The first-order chi connectivity index (χ1) is 18.2. The summed E-state index contributed by atoms with van der Waals surface area (Å²) in [6.07, 6.45) is 1.37. The number of fused-ring (bicyclic) bond motifs is 2. The fourth-order valence-electron chi connectivity index (χ4n) is 4.49. The third-order valence-corrected chi connectivity index (χ3v) is 6.35. The summed E-state index contributed by atoms with van der Waals surface area (Å²) in [4.78, 5) is 30.0. The average Bonchev–Trinajstić information content (AvgIpc) is 2.90. The Kier molecular flexibility index (Phi) is 6.00. The first kappa shape index (κ1) is 24.4. The van der Waals surface area contributed by atoms with Crippen LogP contribution in [0.4, 0.5) is 0 Å². The summed E-state index contributed by atoms with van der Waals surface area (Å²) in [5.74, 6) is -4.86. The van der Waals surface area contributed by atoms with Crippen molar-refractivity contribution < 1.29 is 39.5 Å². The number of hydrogen-bond donors (Lipinski definition) is 5. The number of ether oxygens (including phenoxy) is 1. The number of esters is 1. The zero-order chi connectivity index (χ0) is 27.1. The van der Waals surface area contributed by atoms with Gasteiger partial charge in [-0.15, -0.1) is 0 Å².